The molecule has 0 bridgehead atoms. The van der Waals surface area contributed by atoms with E-state index in [0.29, 0.717) is 35.3 Å². The molecule has 0 spiro atoms. The third-order valence-electron chi connectivity index (χ3n) is 3.60. The van der Waals surface area contributed by atoms with Gasteiger partial charge in [-0.2, -0.15) is 0 Å². The van der Waals surface area contributed by atoms with Gasteiger partial charge in [-0.15, -0.1) is 0 Å². The minimum absolute atomic E-state index is 0.190. The van der Waals surface area contributed by atoms with Crippen LogP contribution in [0.2, 0.25) is 5.02 Å². The Morgan fingerprint density at radius 2 is 1.89 bits per heavy atom. The van der Waals surface area contributed by atoms with Gasteiger partial charge in [-0.3, -0.25) is 0 Å². The minimum Gasteiger partial charge on any atom is -0.486 e. The van der Waals surface area contributed by atoms with Gasteiger partial charge in [0, 0.05) is 11.6 Å². The SMILES string of the molecule is CC1CCC(C(O)c2cc3c(cc2Cl)OCCO3)O1. The maximum Gasteiger partial charge on any atom is 0.162 e. The lowest BCUT2D eigenvalue weighted by atomic mass is 10.0. The molecule has 0 aliphatic carbocycles. The first kappa shape index (κ1) is 13.0. The zero-order chi connectivity index (χ0) is 13.4. The van der Waals surface area contributed by atoms with Crippen molar-refractivity contribution in [2.24, 2.45) is 0 Å². The minimum atomic E-state index is -0.728. The Kier molecular flexibility index (Phi) is 3.56. The fraction of sp³-hybridized carbons (Fsp3) is 0.571. The number of benzene rings is 1. The molecule has 1 N–H and O–H groups in total. The van der Waals surface area contributed by atoms with Crippen LogP contribution in [0, 0.1) is 0 Å². The molecule has 2 heterocycles. The molecule has 4 nitrogen and oxygen atoms in total. The topological polar surface area (TPSA) is 47.9 Å². The summed E-state index contributed by atoms with van der Waals surface area (Å²) in [4.78, 5) is 0. The molecule has 2 aliphatic rings. The van der Waals surface area contributed by atoms with Crippen LogP contribution < -0.4 is 9.47 Å². The third kappa shape index (κ3) is 2.53. The summed E-state index contributed by atoms with van der Waals surface area (Å²) in [6.07, 6.45) is 1.07. The van der Waals surface area contributed by atoms with Gasteiger partial charge in [0.1, 0.15) is 19.3 Å². The van der Waals surface area contributed by atoms with Crippen LogP contribution in [0.5, 0.6) is 11.5 Å². The van der Waals surface area contributed by atoms with Gasteiger partial charge in [-0.1, -0.05) is 11.6 Å². The van der Waals surface area contributed by atoms with Gasteiger partial charge in [0.05, 0.1) is 17.2 Å². The first-order chi connectivity index (χ1) is 9.15. The predicted molar refractivity (Wildman–Crippen MR) is 71.0 cm³/mol. The van der Waals surface area contributed by atoms with Crippen molar-refractivity contribution in [2.75, 3.05) is 13.2 Å². The lowest BCUT2D eigenvalue weighted by Crippen LogP contribution is -2.20. The zero-order valence-corrected chi connectivity index (χ0v) is 11.5. The van der Waals surface area contributed by atoms with E-state index in [2.05, 4.69) is 0 Å². The monoisotopic (exact) mass is 284 g/mol. The van der Waals surface area contributed by atoms with E-state index in [1.54, 1.807) is 12.1 Å². The van der Waals surface area contributed by atoms with E-state index in [-0.39, 0.29) is 12.2 Å². The van der Waals surface area contributed by atoms with E-state index < -0.39 is 6.10 Å². The zero-order valence-electron chi connectivity index (χ0n) is 10.8. The van der Waals surface area contributed by atoms with Gasteiger partial charge < -0.3 is 19.3 Å². The van der Waals surface area contributed by atoms with Crippen molar-refractivity contribution in [3.8, 4) is 11.5 Å². The number of ether oxygens (including phenoxy) is 3. The molecule has 0 aromatic heterocycles. The summed E-state index contributed by atoms with van der Waals surface area (Å²) in [7, 11) is 0. The predicted octanol–water partition coefficient (Wildman–Crippen LogP) is 2.71. The summed E-state index contributed by atoms with van der Waals surface area (Å²) < 4.78 is 16.7. The fourth-order valence-corrected chi connectivity index (χ4v) is 2.84. The van der Waals surface area contributed by atoms with Crippen LogP contribution in [0.1, 0.15) is 31.4 Å². The molecule has 1 fully saturated rings. The molecule has 19 heavy (non-hydrogen) atoms. The Hall–Kier alpha value is -0.970. The van der Waals surface area contributed by atoms with Crippen LogP contribution >= 0.6 is 11.6 Å². The molecular weight excluding hydrogens is 268 g/mol. The number of hydrogen-bond donors (Lipinski definition) is 1. The molecule has 3 rings (SSSR count). The van der Waals surface area contributed by atoms with Gasteiger partial charge >= 0.3 is 0 Å². The largest absolute Gasteiger partial charge is 0.486 e. The van der Waals surface area contributed by atoms with Crippen molar-refractivity contribution in [3.63, 3.8) is 0 Å². The molecule has 2 aliphatic heterocycles. The summed E-state index contributed by atoms with van der Waals surface area (Å²) in [6.45, 7) is 3.05. The van der Waals surface area contributed by atoms with Crippen molar-refractivity contribution < 1.29 is 19.3 Å². The molecular formula is C14H17ClO4. The standard InChI is InChI=1S/C14H17ClO4/c1-8-2-3-11(19-8)14(16)9-6-12-13(7-10(9)15)18-5-4-17-12/h6-8,11,14,16H,2-5H2,1H3. The van der Waals surface area contributed by atoms with Crippen molar-refractivity contribution >= 4 is 11.6 Å². The maximum atomic E-state index is 10.4. The van der Waals surface area contributed by atoms with E-state index in [4.69, 9.17) is 25.8 Å². The lowest BCUT2D eigenvalue weighted by molar-refractivity contribution is -0.0298. The van der Waals surface area contributed by atoms with Gasteiger partial charge in [0.2, 0.25) is 0 Å². The summed E-state index contributed by atoms with van der Waals surface area (Å²) in [6, 6.07) is 3.46. The quantitative estimate of drug-likeness (QED) is 0.907. The smallest absolute Gasteiger partial charge is 0.162 e. The molecule has 0 saturated carbocycles. The number of rotatable bonds is 2. The highest BCUT2D eigenvalue weighted by Crippen LogP contribution is 2.40. The normalized spacial score (nSPS) is 27.3. The Balaban J connectivity index is 1.87. The van der Waals surface area contributed by atoms with E-state index in [0.717, 1.165) is 12.8 Å². The number of halogens is 1. The van der Waals surface area contributed by atoms with E-state index in [1.165, 1.54) is 0 Å². The first-order valence-electron chi connectivity index (χ1n) is 6.57. The molecule has 0 radical (unpaired) electrons. The number of aliphatic hydroxyl groups is 1. The third-order valence-corrected chi connectivity index (χ3v) is 3.92. The summed E-state index contributed by atoms with van der Waals surface area (Å²) >= 11 is 6.22. The lowest BCUT2D eigenvalue weighted by Gasteiger charge is -2.23. The highest BCUT2D eigenvalue weighted by molar-refractivity contribution is 6.31. The second kappa shape index (κ2) is 5.19. The Bertz CT molecular complexity index is 477. The van der Waals surface area contributed by atoms with Crippen LogP contribution in [0.3, 0.4) is 0 Å². The molecule has 1 aromatic rings. The molecule has 1 saturated heterocycles. The van der Waals surface area contributed by atoms with Crippen LogP contribution in [0.15, 0.2) is 12.1 Å². The molecule has 1 aromatic carbocycles. The highest BCUT2D eigenvalue weighted by Gasteiger charge is 2.31. The summed E-state index contributed by atoms with van der Waals surface area (Å²) in [5, 5.41) is 10.9. The summed E-state index contributed by atoms with van der Waals surface area (Å²) in [5.41, 5.74) is 0.644. The van der Waals surface area contributed by atoms with Crippen molar-refractivity contribution in [1.82, 2.24) is 0 Å². The highest BCUT2D eigenvalue weighted by atomic mass is 35.5. The second-order valence-electron chi connectivity index (χ2n) is 5.02. The molecule has 3 unspecified atom stereocenters. The van der Waals surface area contributed by atoms with E-state index >= 15 is 0 Å². The molecule has 5 heteroatoms. The average Bonchev–Trinajstić information content (AvgIpc) is 2.84. The van der Waals surface area contributed by atoms with E-state index in [1.807, 2.05) is 6.92 Å². The van der Waals surface area contributed by atoms with Gasteiger partial charge in [-0.05, 0) is 25.8 Å². The van der Waals surface area contributed by atoms with Crippen molar-refractivity contribution in [2.45, 2.75) is 38.1 Å². The number of aliphatic hydroxyl groups excluding tert-OH is 1. The summed E-state index contributed by atoms with van der Waals surface area (Å²) in [5.74, 6) is 1.27. The first-order valence-corrected chi connectivity index (χ1v) is 6.95. The van der Waals surface area contributed by atoms with Gasteiger partial charge in [-0.25, -0.2) is 0 Å². The van der Waals surface area contributed by atoms with Crippen molar-refractivity contribution in [3.05, 3.63) is 22.7 Å². The van der Waals surface area contributed by atoms with Gasteiger partial charge in [0.15, 0.2) is 11.5 Å². The average molecular weight is 285 g/mol. The number of fused-ring (bicyclic) bond motifs is 1. The Morgan fingerprint density at radius 1 is 1.21 bits per heavy atom. The number of hydrogen-bond acceptors (Lipinski definition) is 4. The second-order valence-corrected chi connectivity index (χ2v) is 5.43. The van der Waals surface area contributed by atoms with Crippen molar-refractivity contribution in [1.29, 1.82) is 0 Å². The Morgan fingerprint density at radius 3 is 2.53 bits per heavy atom. The van der Waals surface area contributed by atoms with Crippen LogP contribution in [-0.4, -0.2) is 30.5 Å². The van der Waals surface area contributed by atoms with Gasteiger partial charge in [0.25, 0.3) is 0 Å². The van der Waals surface area contributed by atoms with E-state index in [9.17, 15) is 5.11 Å². The maximum absolute atomic E-state index is 10.4. The molecule has 3 atom stereocenters. The molecule has 0 amide bonds. The Labute approximate surface area is 117 Å². The fourth-order valence-electron chi connectivity index (χ4n) is 2.57. The molecule has 104 valence electrons. The van der Waals surface area contributed by atoms with Crippen LogP contribution in [-0.2, 0) is 4.74 Å². The van der Waals surface area contributed by atoms with Crippen LogP contribution in [0.25, 0.3) is 0 Å². The van der Waals surface area contributed by atoms with Crippen LogP contribution in [0.4, 0.5) is 0 Å².